The van der Waals surface area contributed by atoms with Gasteiger partial charge >= 0.3 is 0 Å². The monoisotopic (exact) mass is 490 g/mol. The van der Waals surface area contributed by atoms with E-state index in [2.05, 4.69) is 20.7 Å². The highest BCUT2D eigenvalue weighted by Gasteiger charge is 2.35. The number of aromatic nitrogens is 1. The Morgan fingerprint density at radius 3 is 2.57 bits per heavy atom. The van der Waals surface area contributed by atoms with Crippen LogP contribution in [-0.2, 0) is 16.0 Å². The first-order valence-corrected chi connectivity index (χ1v) is 12.8. The Morgan fingerprint density at radius 1 is 1.34 bits per heavy atom. The summed E-state index contributed by atoms with van der Waals surface area (Å²) in [6.45, 7) is 13.3. The SMILES string of the molecule is [C-]#[N+]c1c(N2CCC(N3CC(OC)C3)CC2)nc(SC(C(N)=O)c2ccccc2)c(C#N)c1CC. The van der Waals surface area contributed by atoms with E-state index in [1.807, 2.05) is 37.3 Å². The first-order valence-electron chi connectivity index (χ1n) is 11.9. The molecular weight excluding hydrogens is 460 g/mol. The van der Waals surface area contributed by atoms with Crippen LogP contribution in [0.15, 0.2) is 35.4 Å². The fourth-order valence-corrected chi connectivity index (χ4v) is 5.92. The van der Waals surface area contributed by atoms with Gasteiger partial charge in [-0.15, -0.1) is 0 Å². The summed E-state index contributed by atoms with van der Waals surface area (Å²) in [7, 11) is 1.76. The summed E-state index contributed by atoms with van der Waals surface area (Å²) in [6.07, 6.45) is 2.82. The fraction of sp³-hybridized carbons (Fsp3) is 0.462. The topological polar surface area (TPSA) is 99.8 Å². The molecule has 1 atom stereocenters. The first-order chi connectivity index (χ1) is 17.0. The molecule has 3 heterocycles. The van der Waals surface area contributed by atoms with E-state index in [-0.39, 0.29) is 0 Å². The zero-order valence-corrected chi connectivity index (χ0v) is 20.9. The summed E-state index contributed by atoms with van der Waals surface area (Å²) in [6, 6.07) is 12.0. The highest BCUT2D eigenvalue weighted by atomic mass is 32.2. The van der Waals surface area contributed by atoms with Gasteiger partial charge in [-0.3, -0.25) is 9.69 Å². The Kier molecular flexibility index (Phi) is 7.92. The molecule has 1 amide bonds. The third kappa shape index (κ3) is 5.13. The number of hydrogen-bond donors (Lipinski definition) is 1. The van der Waals surface area contributed by atoms with Gasteiger partial charge in [0.1, 0.15) is 22.2 Å². The molecule has 2 aliphatic rings. The molecule has 8 nitrogen and oxygen atoms in total. The van der Waals surface area contributed by atoms with Gasteiger partial charge in [-0.2, -0.15) is 5.26 Å². The average Bonchev–Trinajstić information content (AvgIpc) is 2.86. The van der Waals surface area contributed by atoms with Crippen LogP contribution >= 0.6 is 11.8 Å². The summed E-state index contributed by atoms with van der Waals surface area (Å²) >= 11 is 1.19. The minimum absolute atomic E-state index is 0.330. The number of rotatable bonds is 8. The van der Waals surface area contributed by atoms with Crippen LogP contribution in [0.3, 0.4) is 0 Å². The number of amides is 1. The fourth-order valence-electron chi connectivity index (χ4n) is 4.86. The maximum Gasteiger partial charge on any atom is 0.235 e. The minimum Gasteiger partial charge on any atom is -0.379 e. The zero-order chi connectivity index (χ0) is 24.9. The molecule has 1 unspecified atom stereocenters. The van der Waals surface area contributed by atoms with Crippen molar-refractivity contribution in [3.63, 3.8) is 0 Å². The lowest BCUT2D eigenvalue weighted by Gasteiger charge is -2.46. The van der Waals surface area contributed by atoms with Crippen molar-refractivity contribution in [1.82, 2.24) is 9.88 Å². The number of pyridine rings is 1. The minimum atomic E-state index is -0.682. The molecule has 2 fully saturated rings. The van der Waals surface area contributed by atoms with Crippen LogP contribution in [0.1, 0.15) is 41.7 Å². The number of nitrogens with zero attached hydrogens (tertiary/aromatic N) is 5. The summed E-state index contributed by atoms with van der Waals surface area (Å²) in [5.74, 6) is 0.108. The second-order valence-corrected chi connectivity index (χ2v) is 9.95. The third-order valence-electron chi connectivity index (χ3n) is 6.88. The van der Waals surface area contributed by atoms with Gasteiger partial charge in [-0.05, 0) is 30.4 Å². The molecule has 2 aliphatic heterocycles. The smallest absolute Gasteiger partial charge is 0.235 e. The predicted molar refractivity (Wildman–Crippen MR) is 136 cm³/mol. The van der Waals surface area contributed by atoms with E-state index >= 15 is 0 Å². The van der Waals surface area contributed by atoms with E-state index in [9.17, 15) is 10.1 Å². The molecule has 1 aromatic heterocycles. The molecule has 2 aromatic rings. The van der Waals surface area contributed by atoms with Crippen LogP contribution in [0.2, 0.25) is 0 Å². The number of anilines is 1. The largest absolute Gasteiger partial charge is 0.379 e. The number of methoxy groups -OCH3 is 1. The lowest BCUT2D eigenvalue weighted by atomic mass is 9.98. The number of nitrogens with two attached hydrogens (primary N) is 1. The Bertz CT molecular complexity index is 1150. The number of piperidine rings is 1. The molecule has 35 heavy (non-hydrogen) atoms. The van der Waals surface area contributed by atoms with Gasteiger partial charge in [0.25, 0.3) is 0 Å². The third-order valence-corrected chi connectivity index (χ3v) is 8.14. The van der Waals surface area contributed by atoms with Gasteiger partial charge in [0.05, 0.1) is 18.2 Å². The number of benzene rings is 1. The molecule has 182 valence electrons. The van der Waals surface area contributed by atoms with Gasteiger partial charge in [-0.25, -0.2) is 9.83 Å². The number of likely N-dealkylation sites (tertiary alicyclic amines) is 1. The molecule has 2 N–H and O–H groups in total. The van der Waals surface area contributed by atoms with Crippen molar-refractivity contribution in [3.05, 3.63) is 58.4 Å². The van der Waals surface area contributed by atoms with E-state index in [4.69, 9.17) is 22.0 Å². The van der Waals surface area contributed by atoms with Crippen LogP contribution in [0.5, 0.6) is 0 Å². The van der Waals surface area contributed by atoms with Crippen molar-refractivity contribution in [1.29, 1.82) is 5.26 Å². The van der Waals surface area contributed by atoms with Gasteiger partial charge in [-0.1, -0.05) is 49.0 Å². The van der Waals surface area contributed by atoms with Gasteiger partial charge in [0, 0.05) is 39.3 Å². The molecule has 0 saturated carbocycles. The van der Waals surface area contributed by atoms with Gasteiger partial charge in [0.2, 0.25) is 11.6 Å². The van der Waals surface area contributed by atoms with Crippen molar-refractivity contribution in [3.8, 4) is 6.07 Å². The van der Waals surface area contributed by atoms with E-state index in [1.54, 1.807) is 7.11 Å². The number of ether oxygens (including phenoxy) is 1. The summed E-state index contributed by atoms with van der Waals surface area (Å²) in [4.78, 5) is 25.6. The Balaban J connectivity index is 1.64. The number of carbonyl (C=O) groups excluding carboxylic acids is 1. The van der Waals surface area contributed by atoms with Crippen LogP contribution < -0.4 is 10.6 Å². The van der Waals surface area contributed by atoms with Crippen LogP contribution in [0, 0.1) is 17.9 Å². The van der Waals surface area contributed by atoms with E-state index in [0.29, 0.717) is 46.2 Å². The quantitative estimate of drug-likeness (QED) is 0.445. The molecular formula is C26H30N6O2S. The van der Waals surface area contributed by atoms with Crippen molar-refractivity contribution < 1.29 is 9.53 Å². The Hall–Kier alpha value is -3.11. The van der Waals surface area contributed by atoms with Crippen LogP contribution in [0.25, 0.3) is 4.85 Å². The van der Waals surface area contributed by atoms with Crippen molar-refractivity contribution in [2.45, 2.75) is 48.6 Å². The normalized spacial score (nSPS) is 17.9. The number of primary amides is 1. The van der Waals surface area contributed by atoms with Gasteiger partial charge in [0.15, 0.2) is 0 Å². The second-order valence-electron chi connectivity index (χ2n) is 8.86. The average molecular weight is 491 g/mol. The number of thioether (sulfide) groups is 1. The number of nitriles is 1. The van der Waals surface area contributed by atoms with E-state index < -0.39 is 11.2 Å². The summed E-state index contributed by atoms with van der Waals surface area (Å²) in [5.41, 5.74) is 7.99. The zero-order valence-electron chi connectivity index (χ0n) is 20.1. The molecule has 1 aromatic carbocycles. The number of hydrogen-bond acceptors (Lipinski definition) is 7. The molecule has 0 radical (unpaired) electrons. The van der Waals surface area contributed by atoms with Crippen molar-refractivity contribution >= 4 is 29.2 Å². The summed E-state index contributed by atoms with van der Waals surface area (Å²) in [5, 5.41) is 9.76. The number of carbonyl (C=O) groups is 1. The second kappa shape index (κ2) is 11.1. The highest BCUT2D eigenvalue weighted by molar-refractivity contribution is 8.00. The van der Waals surface area contributed by atoms with Crippen LogP contribution in [-0.4, -0.2) is 61.2 Å². The standard InChI is InChI=1S/C26H30N6O2S/c1-4-20-21(14-27)26(35-23(24(28)33)17-8-6-5-7-9-17)30-25(22(20)29-2)31-12-10-18(11-13-31)32-15-19(16-32)34-3/h5-9,18-19,23H,4,10-13,15-16H2,1,3H3,(H2,28,33). The van der Waals surface area contributed by atoms with Crippen LogP contribution in [0.4, 0.5) is 11.5 Å². The molecule has 0 bridgehead atoms. The molecule has 9 heteroatoms. The lowest BCUT2D eigenvalue weighted by molar-refractivity contribution is -0.117. The Morgan fingerprint density at radius 2 is 2.03 bits per heavy atom. The predicted octanol–water partition coefficient (Wildman–Crippen LogP) is 3.68. The molecule has 0 spiro atoms. The summed E-state index contributed by atoms with van der Waals surface area (Å²) < 4.78 is 5.41. The maximum atomic E-state index is 12.4. The maximum absolute atomic E-state index is 12.4. The highest BCUT2D eigenvalue weighted by Crippen LogP contribution is 2.43. The first kappa shape index (κ1) is 25.0. The molecule has 2 saturated heterocycles. The van der Waals surface area contributed by atoms with Crippen molar-refractivity contribution in [2.75, 3.05) is 38.2 Å². The molecule has 4 rings (SSSR count). The van der Waals surface area contributed by atoms with E-state index in [1.165, 1.54) is 11.8 Å². The Labute approximate surface area is 210 Å². The van der Waals surface area contributed by atoms with Crippen molar-refractivity contribution in [2.24, 2.45) is 5.73 Å². The molecule has 0 aliphatic carbocycles. The lowest BCUT2D eigenvalue weighted by Crippen LogP contribution is -2.58. The van der Waals surface area contributed by atoms with E-state index in [0.717, 1.165) is 44.6 Å². The van der Waals surface area contributed by atoms with Gasteiger partial charge < -0.3 is 15.4 Å².